The zero-order chi connectivity index (χ0) is 17.4. The van der Waals surface area contributed by atoms with Gasteiger partial charge in [0, 0.05) is 11.9 Å². The van der Waals surface area contributed by atoms with Crippen LogP contribution < -0.4 is 0 Å². The van der Waals surface area contributed by atoms with Crippen molar-refractivity contribution in [1.82, 2.24) is 4.98 Å². The Hall–Kier alpha value is -1.97. The molecule has 0 N–H and O–H groups in total. The van der Waals surface area contributed by atoms with Crippen LogP contribution in [0, 0.1) is 0 Å². The summed E-state index contributed by atoms with van der Waals surface area (Å²) in [6.07, 6.45) is 4.74. The van der Waals surface area contributed by atoms with E-state index in [0.29, 0.717) is 0 Å². The second-order valence-electron chi connectivity index (χ2n) is 5.66. The van der Waals surface area contributed by atoms with Gasteiger partial charge in [-0.25, -0.2) is 4.98 Å². The number of hydrogen-bond acceptors (Lipinski definition) is 3. The molecule has 0 aliphatic rings. The number of nitrogens with zero attached hydrogens (tertiary/aromatic N) is 1. The van der Waals surface area contributed by atoms with E-state index in [9.17, 15) is 0 Å². The molecule has 0 saturated carbocycles. The predicted molar refractivity (Wildman–Crippen MR) is 111 cm³/mol. The van der Waals surface area contributed by atoms with E-state index in [2.05, 4.69) is 78.3 Å². The number of rotatable bonds is 8. The average Bonchev–Trinajstić information content (AvgIpc) is 2.69. The Morgan fingerprint density at radius 1 is 0.880 bits per heavy atom. The van der Waals surface area contributed by atoms with Crippen molar-refractivity contribution in [3.8, 4) is 0 Å². The zero-order valence-corrected chi connectivity index (χ0v) is 15.7. The molecule has 0 aliphatic heterocycles. The number of hydrogen-bond donors (Lipinski definition) is 0. The fourth-order valence-corrected chi connectivity index (χ4v) is 5.48. The van der Waals surface area contributed by atoms with Gasteiger partial charge in [0.15, 0.2) is 0 Å². The molecule has 1 atom stereocenters. The van der Waals surface area contributed by atoms with E-state index in [1.54, 1.807) is 0 Å². The molecular formula is C22H21NS2. The maximum Gasteiger partial charge on any atom is 0.0976 e. The van der Waals surface area contributed by atoms with Gasteiger partial charge < -0.3 is 0 Å². The van der Waals surface area contributed by atoms with Crippen LogP contribution in [0.2, 0.25) is 0 Å². The average molecular weight is 364 g/mol. The van der Waals surface area contributed by atoms with Gasteiger partial charge in [-0.15, -0.1) is 18.3 Å². The molecule has 0 spiro atoms. The van der Waals surface area contributed by atoms with E-state index in [4.69, 9.17) is 0 Å². The molecule has 0 aliphatic carbocycles. The Kier molecular flexibility index (Phi) is 6.37. The minimum atomic E-state index is -0.146. The van der Waals surface area contributed by atoms with Crippen LogP contribution in [0.25, 0.3) is 0 Å². The smallest absolute Gasteiger partial charge is 0.0976 e. The third kappa shape index (κ3) is 4.77. The molecule has 2 aromatic carbocycles. The van der Waals surface area contributed by atoms with Crippen molar-refractivity contribution < 1.29 is 0 Å². The third-order valence-electron chi connectivity index (χ3n) is 3.85. The van der Waals surface area contributed by atoms with Gasteiger partial charge in [0.1, 0.15) is 0 Å². The summed E-state index contributed by atoms with van der Waals surface area (Å²) in [4.78, 5) is 4.54. The highest BCUT2D eigenvalue weighted by molar-refractivity contribution is 8.17. The molecule has 1 nitrogen and oxygen atoms in total. The zero-order valence-electron chi connectivity index (χ0n) is 14.0. The van der Waals surface area contributed by atoms with Crippen LogP contribution in [0.4, 0.5) is 0 Å². The highest BCUT2D eigenvalue weighted by atomic mass is 32.2. The van der Waals surface area contributed by atoms with Gasteiger partial charge in [0.05, 0.1) is 9.11 Å². The van der Waals surface area contributed by atoms with Gasteiger partial charge in [-0.05, 0) is 29.7 Å². The maximum absolute atomic E-state index is 4.54. The molecule has 3 aromatic rings. The Morgan fingerprint density at radius 3 is 2.20 bits per heavy atom. The number of pyridine rings is 1. The molecule has 0 saturated heterocycles. The summed E-state index contributed by atoms with van der Waals surface area (Å²) < 4.78 is -0.146. The van der Waals surface area contributed by atoms with Gasteiger partial charge in [-0.2, -0.15) is 0 Å². The number of aromatic nitrogens is 1. The normalized spacial score (nSPS) is 13.1. The van der Waals surface area contributed by atoms with Crippen LogP contribution in [0.1, 0.15) is 17.5 Å². The fraction of sp³-hybridized carbons (Fsp3) is 0.136. The summed E-state index contributed by atoms with van der Waals surface area (Å²) in [5.41, 5.74) is 2.63. The number of thioether (sulfide) groups is 2. The summed E-state index contributed by atoms with van der Waals surface area (Å²) in [5.74, 6) is 0.948. The van der Waals surface area contributed by atoms with Crippen LogP contribution in [-0.2, 0) is 9.83 Å². The molecule has 0 fully saturated rings. The van der Waals surface area contributed by atoms with E-state index in [1.165, 1.54) is 11.1 Å². The highest BCUT2D eigenvalue weighted by Gasteiger charge is 2.33. The molecule has 3 heteroatoms. The van der Waals surface area contributed by atoms with Gasteiger partial charge in [0.2, 0.25) is 0 Å². The standard InChI is InChI=1S/C22H21NS2/c1-2-16-22(20-13-7-4-8-14-20,25-21-15-9-10-17-23-21)24-18-19-11-5-3-6-12-19/h2-15,17H,1,16,18H2. The van der Waals surface area contributed by atoms with E-state index < -0.39 is 0 Å². The largest absolute Gasteiger partial charge is 0.250 e. The van der Waals surface area contributed by atoms with Crippen LogP contribution in [-0.4, -0.2) is 4.98 Å². The van der Waals surface area contributed by atoms with Crippen LogP contribution in [0.15, 0.2) is 103 Å². The van der Waals surface area contributed by atoms with Gasteiger partial charge in [-0.3, -0.25) is 0 Å². The molecule has 1 unspecified atom stereocenters. The van der Waals surface area contributed by atoms with Crippen LogP contribution >= 0.6 is 23.5 Å². The first-order valence-corrected chi connectivity index (χ1v) is 10.1. The molecule has 0 bridgehead atoms. The molecule has 1 aromatic heterocycles. The topological polar surface area (TPSA) is 12.9 Å². The SMILES string of the molecule is C=CCC(SCc1ccccc1)(Sc1ccccn1)c1ccccc1. The van der Waals surface area contributed by atoms with E-state index in [1.807, 2.05) is 47.9 Å². The lowest BCUT2D eigenvalue weighted by Gasteiger charge is -2.32. The number of allylic oxidation sites excluding steroid dienone is 1. The maximum atomic E-state index is 4.54. The molecule has 0 radical (unpaired) electrons. The van der Waals surface area contributed by atoms with Gasteiger partial charge in [0.25, 0.3) is 0 Å². The Bertz CT molecular complexity index is 775. The van der Waals surface area contributed by atoms with Crippen LogP contribution in [0.5, 0.6) is 0 Å². The molecule has 1 heterocycles. The molecular weight excluding hydrogens is 342 g/mol. The molecule has 3 rings (SSSR count). The van der Waals surface area contributed by atoms with Crippen molar-refractivity contribution in [2.24, 2.45) is 0 Å². The van der Waals surface area contributed by atoms with E-state index in [0.717, 1.165) is 17.2 Å². The fourth-order valence-electron chi connectivity index (χ4n) is 2.62. The van der Waals surface area contributed by atoms with Crippen molar-refractivity contribution in [3.05, 3.63) is 109 Å². The number of benzene rings is 2. The second kappa shape index (κ2) is 8.93. The van der Waals surface area contributed by atoms with Crippen molar-refractivity contribution in [1.29, 1.82) is 0 Å². The summed E-state index contributed by atoms with van der Waals surface area (Å²) in [6, 6.07) is 27.4. The monoisotopic (exact) mass is 363 g/mol. The van der Waals surface area contributed by atoms with Crippen molar-refractivity contribution in [3.63, 3.8) is 0 Å². The summed E-state index contributed by atoms with van der Waals surface area (Å²) in [6.45, 7) is 4.02. The lowest BCUT2D eigenvalue weighted by atomic mass is 10.1. The van der Waals surface area contributed by atoms with E-state index in [-0.39, 0.29) is 4.08 Å². The highest BCUT2D eigenvalue weighted by Crippen LogP contribution is 2.53. The third-order valence-corrected chi connectivity index (χ3v) is 6.98. The molecule has 126 valence electrons. The Balaban J connectivity index is 1.94. The van der Waals surface area contributed by atoms with Crippen molar-refractivity contribution in [2.45, 2.75) is 21.3 Å². The Morgan fingerprint density at radius 2 is 1.56 bits per heavy atom. The summed E-state index contributed by atoms with van der Waals surface area (Å²) in [5, 5.41) is 1.04. The predicted octanol–water partition coefficient (Wildman–Crippen LogP) is 6.54. The first-order valence-electron chi connectivity index (χ1n) is 8.27. The first kappa shape index (κ1) is 17.8. The van der Waals surface area contributed by atoms with Crippen molar-refractivity contribution >= 4 is 23.5 Å². The first-order chi connectivity index (χ1) is 12.3. The van der Waals surface area contributed by atoms with Crippen LogP contribution in [0.3, 0.4) is 0 Å². The molecule has 0 amide bonds. The minimum Gasteiger partial charge on any atom is -0.250 e. The van der Waals surface area contributed by atoms with E-state index >= 15 is 0 Å². The van der Waals surface area contributed by atoms with Gasteiger partial charge in [-0.1, -0.05) is 84.6 Å². The second-order valence-corrected chi connectivity index (χ2v) is 8.51. The van der Waals surface area contributed by atoms with Gasteiger partial charge >= 0.3 is 0 Å². The lowest BCUT2D eigenvalue weighted by molar-refractivity contribution is 0.888. The van der Waals surface area contributed by atoms with Crippen molar-refractivity contribution in [2.75, 3.05) is 0 Å². The summed E-state index contributed by atoms with van der Waals surface area (Å²) >= 11 is 3.76. The summed E-state index contributed by atoms with van der Waals surface area (Å²) in [7, 11) is 0. The quantitative estimate of drug-likeness (QED) is 0.256. The lowest BCUT2D eigenvalue weighted by Crippen LogP contribution is -2.17. The Labute approximate surface area is 158 Å². The molecule has 25 heavy (non-hydrogen) atoms. The minimum absolute atomic E-state index is 0.146.